The fourth-order valence-electron chi connectivity index (χ4n) is 1.56. The number of nitrogens with two attached hydrogens (primary N) is 1. The van der Waals surface area contributed by atoms with E-state index < -0.39 is 9.84 Å². The molecule has 0 aromatic heterocycles. The van der Waals surface area contributed by atoms with Gasteiger partial charge >= 0.3 is 0 Å². The molecule has 0 fully saturated rings. The number of aryl methyl sites for hydroxylation is 1. The Kier molecular flexibility index (Phi) is 4.96. The number of benzene rings is 1. The summed E-state index contributed by atoms with van der Waals surface area (Å²) in [6.07, 6.45) is 1.32. The Balaban J connectivity index is 2.79. The van der Waals surface area contributed by atoms with Crippen molar-refractivity contribution in [3.63, 3.8) is 0 Å². The van der Waals surface area contributed by atoms with Crippen molar-refractivity contribution in [3.8, 4) is 0 Å². The largest absolute Gasteiger partial charge is 0.398 e. The van der Waals surface area contributed by atoms with Crippen LogP contribution in [0.3, 0.4) is 0 Å². The molecular weight excluding hydrogens is 238 g/mol. The number of hydrogen-bond acceptors (Lipinski definition) is 4. The highest BCUT2D eigenvalue weighted by Gasteiger charge is 2.17. The van der Waals surface area contributed by atoms with E-state index in [1.54, 1.807) is 25.3 Å². The minimum atomic E-state index is -3.27. The molecule has 0 aliphatic carbocycles. The van der Waals surface area contributed by atoms with Crippen LogP contribution in [0, 0.1) is 6.92 Å². The number of anilines is 1. The minimum absolute atomic E-state index is 0.115. The lowest BCUT2D eigenvalue weighted by Gasteiger charge is -2.08. The Bertz CT molecular complexity index is 469. The normalized spacial score (nSPS) is 11.6. The molecule has 0 saturated carbocycles. The molecule has 0 amide bonds. The summed E-state index contributed by atoms with van der Waals surface area (Å²) in [5, 5.41) is 0. The zero-order valence-corrected chi connectivity index (χ0v) is 11.1. The third-order valence-corrected chi connectivity index (χ3v) is 4.37. The van der Waals surface area contributed by atoms with E-state index in [2.05, 4.69) is 0 Å². The van der Waals surface area contributed by atoms with Gasteiger partial charge in [0.05, 0.1) is 16.3 Å². The predicted octanol–water partition coefficient (Wildman–Crippen LogP) is 1.78. The summed E-state index contributed by atoms with van der Waals surface area (Å²) < 4.78 is 29.0. The van der Waals surface area contributed by atoms with Crippen LogP contribution in [0.25, 0.3) is 0 Å². The van der Waals surface area contributed by atoms with E-state index in [-0.39, 0.29) is 10.6 Å². The minimum Gasteiger partial charge on any atom is -0.398 e. The molecule has 2 N–H and O–H groups in total. The van der Waals surface area contributed by atoms with E-state index in [1.165, 1.54) is 0 Å². The maximum atomic E-state index is 12.0. The Morgan fingerprint density at radius 2 is 2.00 bits per heavy atom. The first-order valence-corrected chi connectivity index (χ1v) is 7.20. The van der Waals surface area contributed by atoms with Gasteiger partial charge in [-0.15, -0.1) is 0 Å². The highest BCUT2D eigenvalue weighted by molar-refractivity contribution is 7.91. The lowest BCUT2D eigenvalue weighted by Crippen LogP contribution is -2.10. The molecule has 0 radical (unpaired) electrons. The summed E-state index contributed by atoms with van der Waals surface area (Å²) >= 11 is 0. The maximum absolute atomic E-state index is 12.0. The second-order valence-electron chi connectivity index (χ2n) is 4.06. The molecule has 4 nitrogen and oxygen atoms in total. The fourth-order valence-corrected chi connectivity index (χ4v) is 3.16. The van der Waals surface area contributed by atoms with Gasteiger partial charge in [0.25, 0.3) is 0 Å². The Morgan fingerprint density at radius 3 is 2.65 bits per heavy atom. The Hall–Kier alpha value is -1.07. The number of sulfone groups is 1. The van der Waals surface area contributed by atoms with Crippen LogP contribution in [0.4, 0.5) is 5.69 Å². The lowest BCUT2D eigenvalue weighted by atomic mass is 10.2. The van der Waals surface area contributed by atoms with Crippen molar-refractivity contribution in [3.05, 3.63) is 23.8 Å². The molecule has 5 heteroatoms. The summed E-state index contributed by atoms with van der Waals surface area (Å²) in [4.78, 5) is 0.245. The molecule has 0 bridgehead atoms. The van der Waals surface area contributed by atoms with Crippen molar-refractivity contribution in [1.29, 1.82) is 0 Å². The van der Waals surface area contributed by atoms with Crippen molar-refractivity contribution in [2.75, 3.05) is 25.2 Å². The Morgan fingerprint density at radius 1 is 1.29 bits per heavy atom. The van der Waals surface area contributed by atoms with Gasteiger partial charge in [-0.1, -0.05) is 6.07 Å². The van der Waals surface area contributed by atoms with Gasteiger partial charge in [0.1, 0.15) is 0 Å². The van der Waals surface area contributed by atoms with E-state index in [0.29, 0.717) is 18.7 Å². The van der Waals surface area contributed by atoms with Crippen LogP contribution < -0.4 is 5.73 Å². The molecule has 0 aliphatic heterocycles. The molecule has 1 aromatic rings. The zero-order valence-electron chi connectivity index (χ0n) is 10.3. The number of rotatable bonds is 6. The molecule has 0 heterocycles. The third-order valence-electron chi connectivity index (χ3n) is 2.52. The molecule has 0 atom stereocenters. The first kappa shape index (κ1) is 14.0. The summed E-state index contributed by atoms with van der Waals surface area (Å²) in [5.74, 6) is 0.115. The molecule has 17 heavy (non-hydrogen) atoms. The van der Waals surface area contributed by atoms with E-state index in [4.69, 9.17) is 10.5 Å². The second-order valence-corrected chi connectivity index (χ2v) is 6.14. The van der Waals surface area contributed by atoms with Gasteiger partial charge in [0, 0.05) is 13.7 Å². The van der Waals surface area contributed by atoms with E-state index in [1.807, 2.05) is 6.92 Å². The average molecular weight is 257 g/mol. The third kappa shape index (κ3) is 4.02. The monoisotopic (exact) mass is 257 g/mol. The number of methoxy groups -OCH3 is 1. The smallest absolute Gasteiger partial charge is 0.180 e. The molecule has 96 valence electrons. The highest BCUT2D eigenvalue weighted by atomic mass is 32.2. The van der Waals surface area contributed by atoms with Crippen LogP contribution in [0.2, 0.25) is 0 Å². The van der Waals surface area contributed by atoms with Gasteiger partial charge < -0.3 is 10.5 Å². The summed E-state index contributed by atoms with van der Waals surface area (Å²) in [5.41, 5.74) is 6.92. The maximum Gasteiger partial charge on any atom is 0.180 e. The number of nitrogen functional groups attached to an aromatic ring is 1. The highest BCUT2D eigenvalue weighted by Crippen LogP contribution is 2.21. The van der Waals surface area contributed by atoms with Crippen molar-refractivity contribution < 1.29 is 13.2 Å². The molecule has 1 rings (SSSR count). The predicted molar refractivity (Wildman–Crippen MR) is 68.8 cm³/mol. The van der Waals surface area contributed by atoms with E-state index in [9.17, 15) is 8.42 Å². The van der Waals surface area contributed by atoms with Crippen molar-refractivity contribution in [2.45, 2.75) is 24.7 Å². The average Bonchev–Trinajstić information content (AvgIpc) is 2.28. The number of hydrogen-bond donors (Lipinski definition) is 1. The summed E-state index contributed by atoms with van der Waals surface area (Å²) in [7, 11) is -1.67. The van der Waals surface area contributed by atoms with E-state index in [0.717, 1.165) is 12.0 Å². The Labute approximate surface area is 103 Å². The van der Waals surface area contributed by atoms with Gasteiger partial charge in [-0.05, 0) is 37.5 Å². The second kappa shape index (κ2) is 6.02. The molecule has 0 saturated heterocycles. The van der Waals surface area contributed by atoms with Crippen molar-refractivity contribution in [1.82, 2.24) is 0 Å². The van der Waals surface area contributed by atoms with Crippen LogP contribution in [0.5, 0.6) is 0 Å². The van der Waals surface area contributed by atoms with Gasteiger partial charge in [-0.2, -0.15) is 0 Å². The SMILES string of the molecule is COCCCCS(=O)(=O)c1cc(C)ccc1N. The quantitative estimate of drug-likeness (QED) is 0.623. The molecule has 0 spiro atoms. The van der Waals surface area contributed by atoms with Crippen LogP contribution >= 0.6 is 0 Å². The van der Waals surface area contributed by atoms with Gasteiger partial charge in [0.15, 0.2) is 9.84 Å². The van der Waals surface area contributed by atoms with Gasteiger partial charge in [-0.25, -0.2) is 8.42 Å². The van der Waals surface area contributed by atoms with Crippen molar-refractivity contribution in [2.24, 2.45) is 0 Å². The zero-order chi connectivity index (χ0) is 12.9. The molecule has 0 unspecified atom stereocenters. The van der Waals surface area contributed by atoms with Crippen molar-refractivity contribution >= 4 is 15.5 Å². The molecular formula is C12H19NO3S. The number of ether oxygens (including phenoxy) is 1. The summed E-state index contributed by atoms with van der Waals surface area (Å²) in [6.45, 7) is 2.43. The lowest BCUT2D eigenvalue weighted by molar-refractivity contribution is 0.194. The topological polar surface area (TPSA) is 69.4 Å². The standard InChI is InChI=1S/C12H19NO3S/c1-10-5-6-11(13)12(9-10)17(14,15)8-4-3-7-16-2/h5-6,9H,3-4,7-8,13H2,1-2H3. The van der Waals surface area contributed by atoms with Gasteiger partial charge in [0.2, 0.25) is 0 Å². The van der Waals surface area contributed by atoms with Crippen LogP contribution in [0.15, 0.2) is 23.1 Å². The van der Waals surface area contributed by atoms with Crippen LogP contribution in [-0.4, -0.2) is 27.9 Å². The fraction of sp³-hybridized carbons (Fsp3) is 0.500. The first-order valence-electron chi connectivity index (χ1n) is 5.55. The van der Waals surface area contributed by atoms with Crippen LogP contribution in [-0.2, 0) is 14.6 Å². The van der Waals surface area contributed by atoms with Gasteiger partial charge in [-0.3, -0.25) is 0 Å². The molecule has 1 aromatic carbocycles. The molecule has 0 aliphatic rings. The van der Waals surface area contributed by atoms with Crippen LogP contribution in [0.1, 0.15) is 18.4 Å². The number of unbranched alkanes of at least 4 members (excludes halogenated alkanes) is 1. The van der Waals surface area contributed by atoms with E-state index >= 15 is 0 Å². The summed E-state index contributed by atoms with van der Waals surface area (Å²) in [6, 6.07) is 5.07. The first-order chi connectivity index (χ1) is 7.97.